The van der Waals surface area contributed by atoms with Crippen LogP contribution in [0.5, 0.6) is 0 Å². The van der Waals surface area contributed by atoms with Gasteiger partial charge in [-0.2, -0.15) is 0 Å². The minimum Gasteiger partial charge on any atom is -0.370 e. The molecule has 2 aromatic rings. The van der Waals surface area contributed by atoms with Crippen molar-refractivity contribution in [2.24, 2.45) is 0 Å². The average Bonchev–Trinajstić information content (AvgIpc) is 2.50. The molecule has 1 aromatic heterocycles. The molecule has 0 radical (unpaired) electrons. The van der Waals surface area contributed by atoms with E-state index in [1.165, 1.54) is 6.07 Å². The van der Waals surface area contributed by atoms with Crippen molar-refractivity contribution in [3.8, 4) is 0 Å². The van der Waals surface area contributed by atoms with Crippen molar-refractivity contribution >= 4 is 21.7 Å². The van der Waals surface area contributed by atoms with Gasteiger partial charge in [-0.15, -0.1) is 0 Å². The topological polar surface area (TPSA) is 37.0 Å². The van der Waals surface area contributed by atoms with Crippen molar-refractivity contribution in [2.45, 2.75) is 19.4 Å². The number of hydrogen-bond donors (Lipinski definition) is 2. The lowest BCUT2D eigenvalue weighted by Gasteiger charge is -2.07. The van der Waals surface area contributed by atoms with Crippen molar-refractivity contribution in [3.63, 3.8) is 0 Å². The highest BCUT2D eigenvalue weighted by Gasteiger charge is 2.01. The summed E-state index contributed by atoms with van der Waals surface area (Å²) in [6, 6.07) is 10.8. The Labute approximate surface area is 133 Å². The van der Waals surface area contributed by atoms with E-state index in [1.54, 1.807) is 12.3 Å². The average molecular weight is 352 g/mol. The SMILES string of the molecule is Fc1ccc(Br)cc1CNCCCCNc1ccccn1. The molecule has 3 nitrogen and oxygen atoms in total. The molecule has 21 heavy (non-hydrogen) atoms. The molecule has 0 aliphatic carbocycles. The van der Waals surface area contributed by atoms with Gasteiger partial charge in [0.1, 0.15) is 11.6 Å². The predicted octanol–water partition coefficient (Wildman–Crippen LogP) is 3.97. The van der Waals surface area contributed by atoms with Gasteiger partial charge in [0.05, 0.1) is 0 Å². The fraction of sp³-hybridized carbons (Fsp3) is 0.312. The van der Waals surface area contributed by atoms with Crippen molar-refractivity contribution in [1.82, 2.24) is 10.3 Å². The smallest absolute Gasteiger partial charge is 0.127 e. The van der Waals surface area contributed by atoms with Crippen molar-refractivity contribution in [2.75, 3.05) is 18.4 Å². The molecule has 0 fully saturated rings. The second kappa shape index (κ2) is 8.74. The summed E-state index contributed by atoms with van der Waals surface area (Å²) in [5.41, 5.74) is 0.691. The van der Waals surface area contributed by atoms with Crippen LogP contribution in [0.25, 0.3) is 0 Å². The normalized spacial score (nSPS) is 10.6. The molecule has 1 aromatic carbocycles. The van der Waals surface area contributed by atoms with Gasteiger partial charge >= 0.3 is 0 Å². The first-order chi connectivity index (χ1) is 10.3. The third-order valence-electron chi connectivity index (χ3n) is 3.07. The lowest BCUT2D eigenvalue weighted by atomic mass is 10.2. The number of nitrogens with one attached hydrogen (secondary N) is 2. The van der Waals surface area contributed by atoms with Crippen LogP contribution in [0, 0.1) is 5.82 Å². The maximum atomic E-state index is 13.5. The largest absolute Gasteiger partial charge is 0.370 e. The fourth-order valence-electron chi connectivity index (χ4n) is 1.96. The van der Waals surface area contributed by atoms with E-state index in [0.29, 0.717) is 12.1 Å². The fourth-order valence-corrected chi connectivity index (χ4v) is 2.37. The van der Waals surface area contributed by atoms with Gasteiger partial charge in [0.15, 0.2) is 0 Å². The molecule has 0 unspecified atom stereocenters. The number of halogens is 2. The first-order valence-electron chi connectivity index (χ1n) is 7.05. The molecule has 2 N–H and O–H groups in total. The summed E-state index contributed by atoms with van der Waals surface area (Å²) in [7, 11) is 0. The molecular weight excluding hydrogens is 333 g/mol. The summed E-state index contributed by atoms with van der Waals surface area (Å²) in [6.07, 6.45) is 3.86. The van der Waals surface area contributed by atoms with Gasteiger partial charge in [-0.05, 0) is 49.7 Å². The number of nitrogens with zero attached hydrogens (tertiary/aromatic N) is 1. The van der Waals surface area contributed by atoms with Crippen LogP contribution >= 0.6 is 15.9 Å². The first-order valence-corrected chi connectivity index (χ1v) is 7.84. The Morgan fingerprint density at radius 3 is 2.76 bits per heavy atom. The predicted molar refractivity (Wildman–Crippen MR) is 87.8 cm³/mol. The molecule has 0 bridgehead atoms. The highest BCUT2D eigenvalue weighted by molar-refractivity contribution is 9.10. The van der Waals surface area contributed by atoms with Crippen LogP contribution in [0.1, 0.15) is 18.4 Å². The Morgan fingerprint density at radius 2 is 1.95 bits per heavy atom. The Kier molecular flexibility index (Phi) is 6.63. The molecule has 0 spiro atoms. The Balaban J connectivity index is 1.57. The Hall–Kier alpha value is -1.46. The first kappa shape index (κ1) is 15.9. The van der Waals surface area contributed by atoms with E-state index in [9.17, 15) is 4.39 Å². The van der Waals surface area contributed by atoms with Crippen LogP contribution in [0.2, 0.25) is 0 Å². The highest BCUT2D eigenvalue weighted by Crippen LogP contribution is 2.15. The van der Waals surface area contributed by atoms with Gasteiger partial charge in [0.25, 0.3) is 0 Å². The van der Waals surface area contributed by atoms with Gasteiger partial charge in [0.2, 0.25) is 0 Å². The summed E-state index contributed by atoms with van der Waals surface area (Å²) in [6.45, 7) is 2.32. The quantitative estimate of drug-likeness (QED) is 0.706. The number of hydrogen-bond acceptors (Lipinski definition) is 3. The number of rotatable bonds is 8. The van der Waals surface area contributed by atoms with Gasteiger partial charge in [0, 0.05) is 29.3 Å². The zero-order valence-electron chi connectivity index (χ0n) is 11.8. The summed E-state index contributed by atoms with van der Waals surface area (Å²) < 4.78 is 14.4. The summed E-state index contributed by atoms with van der Waals surface area (Å²) in [5.74, 6) is 0.740. The molecule has 0 aliphatic heterocycles. The molecule has 0 saturated heterocycles. The maximum Gasteiger partial charge on any atom is 0.127 e. The number of pyridine rings is 1. The van der Waals surface area contributed by atoms with Crippen molar-refractivity contribution < 1.29 is 4.39 Å². The van der Waals surface area contributed by atoms with Crippen LogP contribution in [0.15, 0.2) is 47.1 Å². The molecule has 0 aliphatic rings. The zero-order valence-corrected chi connectivity index (χ0v) is 13.4. The van der Waals surface area contributed by atoms with Gasteiger partial charge < -0.3 is 10.6 Å². The summed E-state index contributed by atoms with van der Waals surface area (Å²) in [5, 5.41) is 6.53. The van der Waals surface area contributed by atoms with Gasteiger partial charge in [-0.1, -0.05) is 22.0 Å². The monoisotopic (exact) mass is 351 g/mol. The Morgan fingerprint density at radius 1 is 1.10 bits per heavy atom. The van der Waals surface area contributed by atoms with Crippen LogP contribution in [-0.2, 0) is 6.54 Å². The van der Waals surface area contributed by atoms with E-state index >= 15 is 0 Å². The van der Waals surface area contributed by atoms with Gasteiger partial charge in [-0.25, -0.2) is 9.37 Å². The van der Waals surface area contributed by atoms with Crippen molar-refractivity contribution in [3.05, 3.63) is 58.4 Å². The molecule has 2 rings (SSSR count). The molecule has 1 heterocycles. The third kappa shape index (κ3) is 5.81. The van der Waals surface area contributed by atoms with Crippen LogP contribution in [-0.4, -0.2) is 18.1 Å². The number of benzene rings is 1. The minimum absolute atomic E-state index is 0.164. The van der Waals surface area contributed by atoms with Crippen LogP contribution in [0.4, 0.5) is 10.2 Å². The molecule has 0 atom stereocenters. The zero-order chi connectivity index (χ0) is 14.9. The highest BCUT2D eigenvalue weighted by atomic mass is 79.9. The number of anilines is 1. The van der Waals surface area contributed by atoms with E-state index in [0.717, 1.165) is 36.2 Å². The third-order valence-corrected chi connectivity index (χ3v) is 3.57. The molecule has 0 saturated carbocycles. The standard InChI is InChI=1S/C16H19BrFN3/c17-14-6-7-15(18)13(11-14)12-19-8-3-4-10-21-16-5-1-2-9-20-16/h1-2,5-7,9,11,19H,3-4,8,10,12H2,(H,20,21). The summed E-state index contributed by atoms with van der Waals surface area (Å²) in [4.78, 5) is 4.20. The van der Waals surface area contributed by atoms with E-state index in [2.05, 4.69) is 31.5 Å². The van der Waals surface area contributed by atoms with E-state index in [-0.39, 0.29) is 5.82 Å². The van der Waals surface area contributed by atoms with E-state index in [4.69, 9.17) is 0 Å². The second-order valence-corrected chi connectivity index (χ2v) is 5.68. The van der Waals surface area contributed by atoms with Crippen molar-refractivity contribution in [1.29, 1.82) is 0 Å². The van der Waals surface area contributed by atoms with Gasteiger partial charge in [-0.3, -0.25) is 0 Å². The lowest BCUT2D eigenvalue weighted by Crippen LogP contribution is -2.16. The Bertz CT molecular complexity index is 548. The van der Waals surface area contributed by atoms with Crippen LogP contribution < -0.4 is 10.6 Å². The van der Waals surface area contributed by atoms with E-state index < -0.39 is 0 Å². The molecule has 112 valence electrons. The number of unbranched alkanes of at least 4 members (excludes halogenated alkanes) is 1. The van der Waals surface area contributed by atoms with E-state index in [1.807, 2.05) is 24.3 Å². The maximum absolute atomic E-state index is 13.5. The number of aromatic nitrogens is 1. The summed E-state index contributed by atoms with van der Waals surface area (Å²) >= 11 is 3.35. The molecule has 0 amide bonds. The second-order valence-electron chi connectivity index (χ2n) is 4.76. The van der Waals surface area contributed by atoms with Crippen LogP contribution in [0.3, 0.4) is 0 Å². The minimum atomic E-state index is -0.164. The molecular formula is C16H19BrFN3. The molecule has 5 heteroatoms. The lowest BCUT2D eigenvalue weighted by molar-refractivity contribution is 0.577.